The van der Waals surface area contributed by atoms with Crippen molar-refractivity contribution in [3.05, 3.63) is 65.2 Å². The molecule has 2 aliphatic heterocycles. The van der Waals surface area contributed by atoms with Crippen LogP contribution >= 0.6 is 0 Å². The third-order valence-electron chi connectivity index (χ3n) is 6.85. The molecule has 2 aromatic carbocycles. The highest BCUT2D eigenvalue weighted by Gasteiger charge is 2.48. The zero-order valence-corrected chi connectivity index (χ0v) is 19.5. The molecule has 184 valence electrons. The van der Waals surface area contributed by atoms with Gasteiger partial charge in [0, 0.05) is 26.3 Å². The summed E-state index contributed by atoms with van der Waals surface area (Å²) in [5.41, 5.74) is 0.726. The van der Waals surface area contributed by atoms with Crippen molar-refractivity contribution in [3.63, 3.8) is 0 Å². The first-order chi connectivity index (χ1) is 16.2. The molecule has 0 spiro atoms. The molecule has 0 aliphatic carbocycles. The summed E-state index contributed by atoms with van der Waals surface area (Å²) >= 11 is 0. The van der Waals surface area contributed by atoms with E-state index in [-0.39, 0.29) is 23.8 Å². The highest BCUT2D eigenvalue weighted by molar-refractivity contribution is 5.87. The van der Waals surface area contributed by atoms with E-state index in [1.807, 2.05) is 32.0 Å². The fraction of sp³-hybridized carbons (Fsp3) is 0.500. The van der Waals surface area contributed by atoms with Crippen LogP contribution in [0.1, 0.15) is 48.9 Å². The summed E-state index contributed by atoms with van der Waals surface area (Å²) in [5.74, 6) is 0.157. The number of carbonyl (C=O) groups is 1. The highest BCUT2D eigenvalue weighted by Crippen LogP contribution is 2.35. The van der Waals surface area contributed by atoms with Crippen molar-refractivity contribution in [2.75, 3.05) is 26.3 Å². The number of aryl methyl sites for hydroxylation is 1. The molecule has 34 heavy (non-hydrogen) atoms. The van der Waals surface area contributed by atoms with Crippen LogP contribution in [-0.2, 0) is 15.7 Å². The number of alkyl halides is 3. The zero-order valence-electron chi connectivity index (χ0n) is 19.5. The lowest BCUT2D eigenvalue weighted by molar-refractivity contribution is -0.141. The summed E-state index contributed by atoms with van der Waals surface area (Å²) < 4.78 is 50.6. The van der Waals surface area contributed by atoms with Gasteiger partial charge in [0.15, 0.2) is 0 Å². The molecule has 2 atom stereocenters. The smallest absolute Gasteiger partial charge is 0.416 e. The molecule has 0 aromatic heterocycles. The zero-order chi connectivity index (χ0) is 24.3. The third-order valence-corrected chi connectivity index (χ3v) is 6.85. The quantitative estimate of drug-likeness (QED) is 0.645. The lowest BCUT2D eigenvalue weighted by atomic mass is 9.86. The third kappa shape index (κ3) is 5.39. The van der Waals surface area contributed by atoms with Crippen LogP contribution in [0.5, 0.6) is 5.75 Å². The van der Waals surface area contributed by atoms with Crippen molar-refractivity contribution in [1.82, 2.24) is 10.2 Å². The summed E-state index contributed by atoms with van der Waals surface area (Å²) in [7, 11) is 0. The van der Waals surface area contributed by atoms with Gasteiger partial charge in [0.2, 0.25) is 5.91 Å². The van der Waals surface area contributed by atoms with Crippen LogP contribution in [-0.4, -0.2) is 48.8 Å². The van der Waals surface area contributed by atoms with Gasteiger partial charge in [0.25, 0.3) is 0 Å². The normalized spacial score (nSPS) is 21.7. The summed E-state index contributed by atoms with van der Waals surface area (Å²) in [6.45, 7) is 6.08. The summed E-state index contributed by atoms with van der Waals surface area (Å²) in [6.07, 6.45) is -2.94. The number of ether oxygens (including phenoxy) is 2. The lowest BCUT2D eigenvalue weighted by Gasteiger charge is -2.43. The van der Waals surface area contributed by atoms with Crippen LogP contribution in [0.4, 0.5) is 13.2 Å². The van der Waals surface area contributed by atoms with E-state index >= 15 is 0 Å². The second-order valence-corrected chi connectivity index (χ2v) is 9.25. The van der Waals surface area contributed by atoms with Gasteiger partial charge in [-0.1, -0.05) is 35.9 Å². The van der Waals surface area contributed by atoms with Gasteiger partial charge < -0.3 is 14.8 Å². The molecular weight excluding hydrogens is 445 g/mol. The molecule has 1 N–H and O–H groups in total. The van der Waals surface area contributed by atoms with Crippen molar-refractivity contribution in [3.8, 4) is 5.75 Å². The molecule has 4 rings (SSSR count). The van der Waals surface area contributed by atoms with Crippen LogP contribution in [0, 0.1) is 6.92 Å². The minimum atomic E-state index is -4.42. The van der Waals surface area contributed by atoms with Crippen molar-refractivity contribution in [2.45, 2.75) is 57.0 Å². The first kappa shape index (κ1) is 24.5. The van der Waals surface area contributed by atoms with E-state index in [0.29, 0.717) is 45.6 Å². The van der Waals surface area contributed by atoms with Gasteiger partial charge in [-0.15, -0.1) is 0 Å². The van der Waals surface area contributed by atoms with Crippen molar-refractivity contribution < 1.29 is 27.4 Å². The van der Waals surface area contributed by atoms with Gasteiger partial charge in [-0.05, 0) is 56.9 Å². The second-order valence-electron chi connectivity index (χ2n) is 9.25. The largest absolute Gasteiger partial charge is 0.489 e. The number of hydrogen-bond acceptors (Lipinski definition) is 4. The number of nitrogens with one attached hydrogen (secondary N) is 1. The monoisotopic (exact) mass is 476 g/mol. The number of rotatable bonds is 6. The molecule has 0 bridgehead atoms. The Morgan fingerprint density at radius 1 is 1.18 bits per heavy atom. The molecule has 5 nitrogen and oxygen atoms in total. The van der Waals surface area contributed by atoms with Gasteiger partial charge >= 0.3 is 6.18 Å². The van der Waals surface area contributed by atoms with Crippen LogP contribution in [0.2, 0.25) is 0 Å². The molecule has 2 aliphatic rings. The van der Waals surface area contributed by atoms with Crippen LogP contribution in [0.25, 0.3) is 0 Å². The average molecular weight is 477 g/mol. The molecule has 0 unspecified atom stereocenters. The van der Waals surface area contributed by atoms with E-state index in [1.54, 1.807) is 6.07 Å². The van der Waals surface area contributed by atoms with E-state index < -0.39 is 17.3 Å². The van der Waals surface area contributed by atoms with E-state index in [4.69, 9.17) is 9.47 Å². The van der Waals surface area contributed by atoms with Crippen LogP contribution < -0.4 is 10.1 Å². The summed E-state index contributed by atoms with van der Waals surface area (Å²) in [6, 6.07) is 12.9. The fourth-order valence-electron chi connectivity index (χ4n) is 4.90. The maximum Gasteiger partial charge on any atom is 0.416 e. The Morgan fingerprint density at radius 2 is 1.91 bits per heavy atom. The van der Waals surface area contributed by atoms with Crippen molar-refractivity contribution in [1.29, 1.82) is 0 Å². The lowest BCUT2D eigenvalue weighted by Crippen LogP contribution is -2.61. The number of amides is 1. The SMILES string of the molecule is Cc1cccc([C@H](C)NC(=O)C2(N3CC[C@@H](Oc4cccc(C(F)(F)F)c4)C3)CCOCC2)c1. The number of halogens is 3. The maximum absolute atomic E-state index is 13.6. The number of nitrogens with zero attached hydrogens (tertiary/aromatic N) is 1. The fourth-order valence-corrected chi connectivity index (χ4v) is 4.90. The van der Waals surface area contributed by atoms with Gasteiger partial charge in [0.1, 0.15) is 17.4 Å². The Morgan fingerprint density at radius 3 is 2.62 bits per heavy atom. The molecule has 2 aromatic rings. The van der Waals surface area contributed by atoms with E-state index in [1.165, 1.54) is 6.07 Å². The maximum atomic E-state index is 13.6. The standard InChI is InChI=1S/C26H31F3N2O3/c1-18-5-3-6-20(15-18)19(2)30-24(32)25(10-13-33-14-11-25)31-12-9-23(17-31)34-22-8-4-7-21(16-22)26(27,28)29/h3-8,15-16,19,23H,9-14,17H2,1-2H3,(H,30,32)/t19-,23+/m0/s1. The summed E-state index contributed by atoms with van der Waals surface area (Å²) in [4.78, 5) is 15.8. The Balaban J connectivity index is 1.46. The molecular formula is C26H31F3N2O3. The summed E-state index contributed by atoms with van der Waals surface area (Å²) in [5, 5.41) is 3.20. The van der Waals surface area contributed by atoms with Crippen molar-refractivity contribution >= 4 is 5.91 Å². The Hall–Kier alpha value is -2.58. The second kappa shape index (κ2) is 9.96. The first-order valence-electron chi connectivity index (χ1n) is 11.7. The number of benzene rings is 2. The predicted octanol–water partition coefficient (Wildman–Crippen LogP) is 4.89. The number of hydrogen-bond donors (Lipinski definition) is 1. The first-order valence-corrected chi connectivity index (χ1v) is 11.7. The van der Waals surface area contributed by atoms with Gasteiger partial charge in [-0.3, -0.25) is 9.69 Å². The Labute approximate surface area is 198 Å². The van der Waals surface area contributed by atoms with E-state index in [9.17, 15) is 18.0 Å². The van der Waals surface area contributed by atoms with Crippen LogP contribution in [0.15, 0.2) is 48.5 Å². The van der Waals surface area contributed by atoms with Gasteiger partial charge in [-0.25, -0.2) is 0 Å². The Bertz CT molecular complexity index is 1000. The number of likely N-dealkylation sites (tertiary alicyclic amines) is 1. The predicted molar refractivity (Wildman–Crippen MR) is 123 cm³/mol. The van der Waals surface area contributed by atoms with Crippen LogP contribution in [0.3, 0.4) is 0 Å². The van der Waals surface area contributed by atoms with Gasteiger partial charge in [-0.2, -0.15) is 13.2 Å². The van der Waals surface area contributed by atoms with E-state index in [2.05, 4.69) is 16.3 Å². The number of carbonyl (C=O) groups excluding carboxylic acids is 1. The molecule has 0 radical (unpaired) electrons. The molecule has 8 heteroatoms. The van der Waals surface area contributed by atoms with E-state index in [0.717, 1.165) is 23.3 Å². The highest BCUT2D eigenvalue weighted by atomic mass is 19.4. The molecule has 1 amide bonds. The van der Waals surface area contributed by atoms with Gasteiger partial charge in [0.05, 0.1) is 11.6 Å². The molecule has 2 fully saturated rings. The molecule has 2 saturated heterocycles. The topological polar surface area (TPSA) is 50.8 Å². The minimum absolute atomic E-state index is 0.0375. The minimum Gasteiger partial charge on any atom is -0.489 e. The molecule has 0 saturated carbocycles. The Kier molecular flexibility index (Phi) is 7.19. The van der Waals surface area contributed by atoms with Crippen molar-refractivity contribution in [2.24, 2.45) is 0 Å². The molecule has 2 heterocycles. The average Bonchev–Trinajstić information content (AvgIpc) is 3.28.